The molecule has 7 heteroatoms. The van der Waals surface area contributed by atoms with Gasteiger partial charge in [0.05, 0.1) is 12.3 Å². The fourth-order valence-corrected chi connectivity index (χ4v) is 3.03. The van der Waals surface area contributed by atoms with E-state index in [9.17, 15) is 4.79 Å². The molecule has 29 heavy (non-hydrogen) atoms. The summed E-state index contributed by atoms with van der Waals surface area (Å²) >= 11 is 0. The van der Waals surface area contributed by atoms with Crippen LogP contribution < -0.4 is 5.32 Å². The summed E-state index contributed by atoms with van der Waals surface area (Å²) in [4.78, 5) is 16.6. The number of carbonyl (C=O) groups excluding carboxylic acids is 1. The molecule has 0 spiro atoms. The van der Waals surface area contributed by atoms with Crippen molar-refractivity contribution in [2.24, 2.45) is 0 Å². The second-order valence-electron chi connectivity index (χ2n) is 6.90. The molecule has 4 aromatic rings. The second-order valence-corrected chi connectivity index (χ2v) is 6.90. The Morgan fingerprint density at radius 1 is 1.24 bits per heavy atom. The van der Waals surface area contributed by atoms with Crippen LogP contribution >= 0.6 is 0 Å². The molecule has 0 unspecified atom stereocenters. The van der Waals surface area contributed by atoms with E-state index in [1.54, 1.807) is 24.0 Å². The largest absolute Gasteiger partial charge is 0.462 e. The molecule has 0 radical (unpaired) electrons. The summed E-state index contributed by atoms with van der Waals surface area (Å²) in [6.45, 7) is 6.08. The number of furan rings is 1. The zero-order valence-electron chi connectivity index (χ0n) is 16.5. The highest BCUT2D eigenvalue weighted by Gasteiger charge is 2.19. The summed E-state index contributed by atoms with van der Waals surface area (Å²) in [7, 11) is 0. The van der Waals surface area contributed by atoms with Crippen molar-refractivity contribution in [3.63, 3.8) is 0 Å². The molecule has 0 atom stereocenters. The lowest BCUT2D eigenvalue weighted by Gasteiger charge is -2.08. The molecule has 148 valence electrons. The minimum atomic E-state index is -0.395. The number of nitrogens with one attached hydrogen (secondary N) is 1. The maximum atomic E-state index is 12.3. The summed E-state index contributed by atoms with van der Waals surface area (Å²) in [6, 6.07) is 13.6. The monoisotopic (exact) mass is 390 g/mol. The predicted molar refractivity (Wildman–Crippen MR) is 111 cm³/mol. The van der Waals surface area contributed by atoms with Gasteiger partial charge in [-0.15, -0.1) is 5.10 Å². The average Bonchev–Trinajstić information content (AvgIpc) is 3.32. The van der Waals surface area contributed by atoms with Crippen LogP contribution in [0.1, 0.15) is 31.1 Å². The van der Waals surface area contributed by atoms with Gasteiger partial charge in [0, 0.05) is 30.1 Å². The van der Waals surface area contributed by atoms with Crippen LogP contribution in [-0.2, 0) is 4.74 Å². The van der Waals surface area contributed by atoms with Gasteiger partial charge in [-0.2, -0.15) is 0 Å². The first kappa shape index (κ1) is 18.7. The van der Waals surface area contributed by atoms with Crippen molar-refractivity contribution in [3.8, 4) is 17.0 Å². The van der Waals surface area contributed by atoms with E-state index in [0.717, 1.165) is 28.1 Å². The molecule has 1 N–H and O–H groups in total. The van der Waals surface area contributed by atoms with Crippen LogP contribution in [0, 0.1) is 0 Å². The summed E-state index contributed by atoms with van der Waals surface area (Å²) < 4.78 is 12.7. The van der Waals surface area contributed by atoms with Gasteiger partial charge >= 0.3 is 5.97 Å². The maximum absolute atomic E-state index is 12.3. The van der Waals surface area contributed by atoms with Crippen molar-refractivity contribution in [3.05, 3.63) is 60.4 Å². The Hall–Kier alpha value is -3.61. The van der Waals surface area contributed by atoms with Crippen molar-refractivity contribution < 1.29 is 13.9 Å². The molecular weight excluding hydrogens is 368 g/mol. The molecule has 0 bridgehead atoms. The third kappa shape index (κ3) is 3.85. The number of ether oxygens (including phenoxy) is 1. The van der Waals surface area contributed by atoms with Crippen molar-refractivity contribution in [2.45, 2.75) is 26.8 Å². The van der Waals surface area contributed by atoms with Crippen LogP contribution in [0.5, 0.6) is 0 Å². The third-order valence-corrected chi connectivity index (χ3v) is 4.34. The van der Waals surface area contributed by atoms with Gasteiger partial charge in [0.25, 0.3) is 0 Å². The Labute approximate surface area is 168 Å². The van der Waals surface area contributed by atoms with E-state index in [4.69, 9.17) is 9.15 Å². The quantitative estimate of drug-likeness (QED) is 0.482. The van der Waals surface area contributed by atoms with Gasteiger partial charge in [-0.25, -0.2) is 9.48 Å². The van der Waals surface area contributed by atoms with E-state index in [0.29, 0.717) is 18.0 Å². The number of pyridine rings is 1. The lowest BCUT2D eigenvalue weighted by atomic mass is 10.1. The van der Waals surface area contributed by atoms with Crippen molar-refractivity contribution >= 4 is 22.9 Å². The minimum absolute atomic E-state index is 0.135. The number of rotatable bonds is 6. The number of aromatic nitrogens is 3. The molecule has 1 aromatic carbocycles. The van der Waals surface area contributed by atoms with Crippen LogP contribution in [0.3, 0.4) is 0 Å². The predicted octanol–water partition coefficient (Wildman–Crippen LogP) is 4.68. The van der Waals surface area contributed by atoms with Crippen LogP contribution in [0.25, 0.3) is 28.1 Å². The molecule has 0 saturated heterocycles. The molecule has 0 amide bonds. The summed E-state index contributed by atoms with van der Waals surface area (Å²) in [5, 5.41) is 7.73. The molecule has 0 aliphatic carbocycles. The lowest BCUT2D eigenvalue weighted by Crippen LogP contribution is -2.14. The summed E-state index contributed by atoms with van der Waals surface area (Å²) in [6.07, 6.45) is 3.43. The van der Waals surface area contributed by atoms with Gasteiger partial charge in [-0.3, -0.25) is 4.98 Å². The zero-order chi connectivity index (χ0) is 20.4. The van der Waals surface area contributed by atoms with Gasteiger partial charge in [0.1, 0.15) is 16.8 Å². The number of anilines is 1. The molecule has 0 saturated carbocycles. The van der Waals surface area contributed by atoms with Crippen LogP contribution in [0.4, 0.5) is 5.82 Å². The smallest absolute Gasteiger partial charge is 0.343 e. The van der Waals surface area contributed by atoms with Crippen LogP contribution in [0.15, 0.2) is 59.3 Å². The molecule has 3 aromatic heterocycles. The number of nitrogens with zero attached hydrogens (tertiary/aromatic N) is 3. The highest BCUT2D eigenvalue weighted by atomic mass is 16.5. The van der Waals surface area contributed by atoms with E-state index >= 15 is 0 Å². The number of esters is 1. The Bertz CT molecular complexity index is 1110. The van der Waals surface area contributed by atoms with Crippen molar-refractivity contribution in [1.29, 1.82) is 0 Å². The van der Waals surface area contributed by atoms with E-state index < -0.39 is 5.97 Å². The first-order chi connectivity index (χ1) is 14.0. The highest BCUT2D eigenvalue weighted by molar-refractivity contribution is 5.94. The first-order valence-corrected chi connectivity index (χ1v) is 9.54. The number of hydrogen-bond donors (Lipinski definition) is 1. The van der Waals surface area contributed by atoms with Gasteiger partial charge in [0.2, 0.25) is 0 Å². The van der Waals surface area contributed by atoms with Gasteiger partial charge in [-0.1, -0.05) is 0 Å². The van der Waals surface area contributed by atoms with E-state index in [-0.39, 0.29) is 6.04 Å². The Morgan fingerprint density at radius 3 is 2.72 bits per heavy atom. The molecule has 7 nitrogen and oxygen atoms in total. The number of benzene rings is 1. The van der Waals surface area contributed by atoms with E-state index in [2.05, 4.69) is 15.4 Å². The minimum Gasteiger partial charge on any atom is -0.462 e. The molecule has 3 heterocycles. The molecule has 0 aliphatic heterocycles. The van der Waals surface area contributed by atoms with Crippen molar-refractivity contribution in [1.82, 2.24) is 14.8 Å². The maximum Gasteiger partial charge on any atom is 0.343 e. The van der Waals surface area contributed by atoms with E-state index in [1.807, 2.05) is 56.3 Å². The molecule has 0 fully saturated rings. The lowest BCUT2D eigenvalue weighted by molar-refractivity contribution is 0.0527. The molecular formula is C22H22N4O3. The first-order valence-electron chi connectivity index (χ1n) is 9.54. The number of fused-ring (bicyclic) bond motifs is 1. The number of carbonyl (C=O) groups is 1. The highest BCUT2D eigenvalue weighted by Crippen LogP contribution is 2.27. The fraction of sp³-hybridized carbons (Fsp3) is 0.227. The SMILES string of the molecule is CCOC(=O)c1cn(-c2ccc(-c3cc4ncccc4o3)cc2)nc1NC(C)C. The van der Waals surface area contributed by atoms with Gasteiger partial charge in [0.15, 0.2) is 11.4 Å². The summed E-state index contributed by atoms with van der Waals surface area (Å²) in [5.74, 6) is 0.860. The zero-order valence-corrected chi connectivity index (χ0v) is 16.5. The Kier molecular flexibility index (Phi) is 5.03. The van der Waals surface area contributed by atoms with Crippen molar-refractivity contribution in [2.75, 3.05) is 11.9 Å². The van der Waals surface area contributed by atoms with Crippen LogP contribution in [0.2, 0.25) is 0 Å². The third-order valence-electron chi connectivity index (χ3n) is 4.34. The summed E-state index contributed by atoms with van der Waals surface area (Å²) in [5.41, 5.74) is 3.74. The van der Waals surface area contributed by atoms with Gasteiger partial charge in [-0.05, 0) is 57.2 Å². The van der Waals surface area contributed by atoms with E-state index in [1.165, 1.54) is 0 Å². The Balaban J connectivity index is 1.65. The van der Waals surface area contributed by atoms with Gasteiger partial charge < -0.3 is 14.5 Å². The standard InChI is InChI=1S/C22H22N4O3/c1-4-28-22(27)17-13-26(25-21(17)24-14(2)3)16-9-7-15(8-10-16)20-12-18-19(29-20)6-5-11-23-18/h5-14H,4H2,1-3H3,(H,24,25). The number of hydrogen-bond acceptors (Lipinski definition) is 6. The fourth-order valence-electron chi connectivity index (χ4n) is 3.03. The molecule has 4 rings (SSSR count). The Morgan fingerprint density at radius 2 is 2.03 bits per heavy atom. The normalized spacial score (nSPS) is 11.2. The van der Waals surface area contributed by atoms with Crippen LogP contribution in [-0.4, -0.2) is 33.4 Å². The second kappa shape index (κ2) is 7.79. The topological polar surface area (TPSA) is 82.2 Å². The molecule has 0 aliphatic rings. The average molecular weight is 390 g/mol.